The van der Waals surface area contributed by atoms with Gasteiger partial charge in [-0.2, -0.15) is 4.31 Å². The Morgan fingerprint density at radius 1 is 1.00 bits per heavy atom. The van der Waals surface area contributed by atoms with Crippen LogP contribution in [0.2, 0.25) is 0 Å². The summed E-state index contributed by atoms with van der Waals surface area (Å²) in [6, 6.07) is 5.41. The Morgan fingerprint density at radius 3 is 2.35 bits per heavy atom. The van der Waals surface area contributed by atoms with Crippen LogP contribution in [-0.2, 0) is 31.3 Å². The Bertz CT molecular complexity index is 1480. The van der Waals surface area contributed by atoms with Gasteiger partial charge in [-0.05, 0) is 18.2 Å². The van der Waals surface area contributed by atoms with Gasteiger partial charge in [-0.15, -0.1) is 11.3 Å². The van der Waals surface area contributed by atoms with Gasteiger partial charge in [0.1, 0.15) is 5.82 Å². The number of hydrogen-bond donors (Lipinski definition) is 1. The van der Waals surface area contributed by atoms with Crippen LogP contribution in [0.1, 0.15) is 4.88 Å². The molecule has 0 unspecified atom stereocenters. The second kappa shape index (κ2) is 10.4. The molecule has 2 aliphatic heterocycles. The van der Waals surface area contributed by atoms with Crippen molar-refractivity contribution in [2.45, 2.75) is 6.54 Å². The average Bonchev–Trinajstić information content (AvgIpc) is 3.25. The van der Waals surface area contributed by atoms with Gasteiger partial charge in [-0.1, -0.05) is 0 Å². The summed E-state index contributed by atoms with van der Waals surface area (Å²) in [5.41, 5.74) is 1.51. The molecule has 37 heavy (non-hydrogen) atoms. The van der Waals surface area contributed by atoms with Gasteiger partial charge in [0.25, 0.3) is 0 Å². The summed E-state index contributed by atoms with van der Waals surface area (Å²) >= 11 is 1.66. The number of ether oxygens (including phenoxy) is 1. The van der Waals surface area contributed by atoms with Crippen LogP contribution in [0.4, 0.5) is 11.6 Å². The summed E-state index contributed by atoms with van der Waals surface area (Å²) in [7, 11) is -6.59. The van der Waals surface area contributed by atoms with Gasteiger partial charge in [0.2, 0.25) is 20.0 Å². The monoisotopic (exact) mass is 567 g/mol. The van der Waals surface area contributed by atoms with E-state index in [4.69, 9.17) is 14.7 Å². The fourth-order valence-corrected chi connectivity index (χ4v) is 6.86. The molecule has 5 rings (SSSR count). The first kappa shape index (κ1) is 26.2. The second-order valence-corrected chi connectivity index (χ2v) is 14.0. The molecule has 0 aromatic carbocycles. The molecule has 0 bridgehead atoms. The summed E-state index contributed by atoms with van der Waals surface area (Å²) in [5, 5.41) is 0. The van der Waals surface area contributed by atoms with E-state index in [0.29, 0.717) is 57.3 Å². The lowest BCUT2D eigenvalue weighted by atomic mass is 10.2. The van der Waals surface area contributed by atoms with Gasteiger partial charge in [-0.25, -0.2) is 31.8 Å². The third-order valence-corrected chi connectivity index (χ3v) is 9.19. The van der Waals surface area contributed by atoms with Crippen LogP contribution in [0.15, 0.2) is 24.4 Å². The van der Waals surface area contributed by atoms with E-state index < -0.39 is 20.0 Å². The van der Waals surface area contributed by atoms with Crippen molar-refractivity contribution in [3.05, 3.63) is 29.3 Å². The SMILES string of the molecule is CS(=O)(=O)Nc1ccc(-c2nc(N3CCOCC3)c3sc(CN4CCN(S(C)(=O)=O)CC4)cc3n2)cn1. The van der Waals surface area contributed by atoms with Crippen LogP contribution in [0, 0.1) is 0 Å². The van der Waals surface area contributed by atoms with E-state index in [0.717, 1.165) is 40.3 Å². The Kier molecular flexibility index (Phi) is 7.35. The lowest BCUT2D eigenvalue weighted by Crippen LogP contribution is -2.47. The second-order valence-electron chi connectivity index (χ2n) is 9.14. The van der Waals surface area contributed by atoms with Gasteiger partial charge in [0, 0.05) is 62.5 Å². The molecule has 0 aliphatic carbocycles. The van der Waals surface area contributed by atoms with Gasteiger partial charge in [0.15, 0.2) is 11.6 Å². The lowest BCUT2D eigenvalue weighted by molar-refractivity contribution is 0.122. The van der Waals surface area contributed by atoms with Crippen LogP contribution in [0.5, 0.6) is 0 Å². The van der Waals surface area contributed by atoms with Gasteiger partial charge in [-0.3, -0.25) is 9.62 Å². The van der Waals surface area contributed by atoms with Crippen LogP contribution < -0.4 is 9.62 Å². The third kappa shape index (κ3) is 6.35. The van der Waals surface area contributed by atoms with Crippen LogP contribution in [0.3, 0.4) is 0 Å². The molecule has 12 nitrogen and oxygen atoms in total. The molecular weight excluding hydrogens is 538 g/mol. The van der Waals surface area contributed by atoms with E-state index in [-0.39, 0.29) is 5.82 Å². The number of thiophene rings is 1. The van der Waals surface area contributed by atoms with Crippen molar-refractivity contribution in [1.82, 2.24) is 24.2 Å². The summed E-state index contributed by atoms with van der Waals surface area (Å²) in [4.78, 5) is 19.5. The molecular formula is C22H29N7O5S3. The molecule has 0 amide bonds. The molecule has 1 N–H and O–H groups in total. The summed E-state index contributed by atoms with van der Waals surface area (Å²) < 4.78 is 57.1. The highest BCUT2D eigenvalue weighted by Gasteiger charge is 2.25. The summed E-state index contributed by atoms with van der Waals surface area (Å²) in [6.45, 7) is 5.73. The Hall–Kier alpha value is -2.43. The van der Waals surface area contributed by atoms with Crippen LogP contribution in [-0.4, -0.2) is 106 Å². The number of sulfonamides is 2. The Labute approximate surface area is 220 Å². The zero-order valence-electron chi connectivity index (χ0n) is 20.6. The predicted octanol–water partition coefficient (Wildman–Crippen LogP) is 1.04. The number of pyridine rings is 1. The maximum Gasteiger partial charge on any atom is 0.230 e. The van der Waals surface area contributed by atoms with E-state index >= 15 is 0 Å². The first-order valence-electron chi connectivity index (χ1n) is 11.8. The molecule has 3 aromatic heterocycles. The lowest BCUT2D eigenvalue weighted by Gasteiger charge is -2.32. The number of nitrogens with zero attached hydrogens (tertiary/aromatic N) is 6. The topological polar surface area (TPSA) is 138 Å². The van der Waals surface area contributed by atoms with Crippen molar-refractivity contribution in [1.29, 1.82) is 0 Å². The third-order valence-electron chi connectivity index (χ3n) is 6.21. The highest BCUT2D eigenvalue weighted by atomic mass is 32.2. The molecule has 3 aromatic rings. The predicted molar refractivity (Wildman–Crippen MR) is 144 cm³/mol. The summed E-state index contributed by atoms with van der Waals surface area (Å²) in [5.74, 6) is 1.59. The number of fused-ring (bicyclic) bond motifs is 1. The van der Waals surface area contributed by atoms with Crippen molar-refractivity contribution in [2.24, 2.45) is 0 Å². The van der Waals surface area contributed by atoms with Crippen molar-refractivity contribution in [3.63, 3.8) is 0 Å². The Balaban J connectivity index is 1.43. The van der Waals surface area contributed by atoms with Gasteiger partial charge >= 0.3 is 0 Å². The van der Waals surface area contributed by atoms with Crippen LogP contribution in [0.25, 0.3) is 21.6 Å². The molecule has 200 valence electrons. The van der Waals surface area contributed by atoms with E-state index in [9.17, 15) is 16.8 Å². The zero-order chi connectivity index (χ0) is 26.2. The number of morpholine rings is 1. The number of anilines is 2. The fourth-order valence-electron chi connectivity index (χ4n) is 4.38. The number of hydrogen-bond acceptors (Lipinski definition) is 11. The minimum atomic E-state index is -3.42. The first-order chi connectivity index (χ1) is 17.5. The van der Waals surface area contributed by atoms with Gasteiger partial charge in [0.05, 0.1) is 35.9 Å². The number of aromatic nitrogens is 3. The van der Waals surface area contributed by atoms with E-state index in [1.54, 1.807) is 29.7 Å². The normalized spacial score (nSPS) is 18.4. The molecule has 2 fully saturated rings. The van der Waals surface area contributed by atoms with E-state index in [2.05, 4.69) is 25.6 Å². The first-order valence-corrected chi connectivity index (χ1v) is 16.4. The zero-order valence-corrected chi connectivity index (χ0v) is 23.1. The van der Waals surface area contributed by atoms with Crippen molar-refractivity contribution in [2.75, 3.05) is 74.6 Å². The largest absolute Gasteiger partial charge is 0.378 e. The standard InChI is InChI=1S/C22H29N7O5S3/c1-36(30,31)26-19-4-3-16(14-23-19)21-24-18-13-17(15-27-5-7-29(8-6-27)37(2,32)33)35-20(18)22(25-21)28-9-11-34-12-10-28/h3-4,13-14H,5-12,15H2,1-2H3,(H,23,26). The molecule has 0 spiro atoms. The average molecular weight is 568 g/mol. The van der Waals surface area contributed by atoms with Crippen molar-refractivity contribution < 1.29 is 21.6 Å². The Morgan fingerprint density at radius 2 is 1.73 bits per heavy atom. The molecule has 2 saturated heterocycles. The molecule has 0 atom stereocenters. The van der Waals surface area contributed by atoms with Crippen molar-refractivity contribution >= 4 is 53.2 Å². The maximum atomic E-state index is 11.8. The number of nitrogens with one attached hydrogen (secondary N) is 1. The fraction of sp³-hybridized carbons (Fsp3) is 0.500. The highest BCUT2D eigenvalue weighted by molar-refractivity contribution is 7.92. The summed E-state index contributed by atoms with van der Waals surface area (Å²) in [6.07, 6.45) is 3.89. The maximum absolute atomic E-state index is 11.8. The molecule has 0 radical (unpaired) electrons. The van der Waals surface area contributed by atoms with Crippen LogP contribution >= 0.6 is 11.3 Å². The minimum absolute atomic E-state index is 0.231. The molecule has 15 heteroatoms. The molecule has 2 aliphatic rings. The number of rotatable bonds is 7. The molecule has 0 saturated carbocycles. The van der Waals surface area contributed by atoms with E-state index in [1.807, 2.05) is 0 Å². The molecule has 5 heterocycles. The highest BCUT2D eigenvalue weighted by Crippen LogP contribution is 2.35. The van der Waals surface area contributed by atoms with Crippen molar-refractivity contribution in [3.8, 4) is 11.4 Å². The van der Waals surface area contributed by atoms with E-state index in [1.165, 1.54) is 10.6 Å². The smallest absolute Gasteiger partial charge is 0.230 e. The number of piperazine rings is 1. The minimum Gasteiger partial charge on any atom is -0.378 e. The van der Waals surface area contributed by atoms with Gasteiger partial charge < -0.3 is 9.64 Å². The quantitative estimate of drug-likeness (QED) is 0.441.